The molecule has 1 atom stereocenters. The second-order valence-electron chi connectivity index (χ2n) is 3.66. The van der Waals surface area contributed by atoms with E-state index in [9.17, 15) is 9.59 Å². The first-order valence-electron chi connectivity index (χ1n) is 5.69. The second kappa shape index (κ2) is 6.99. The van der Waals surface area contributed by atoms with Crippen molar-refractivity contribution < 1.29 is 23.8 Å². The topological polar surface area (TPSA) is 61.8 Å². The van der Waals surface area contributed by atoms with Crippen molar-refractivity contribution in [3.8, 4) is 11.5 Å². The Morgan fingerprint density at radius 3 is 2.68 bits per heavy atom. The van der Waals surface area contributed by atoms with E-state index in [0.29, 0.717) is 24.2 Å². The Balaban J connectivity index is 3.10. The Kier molecular flexibility index (Phi) is 5.63. The highest BCUT2D eigenvalue weighted by Gasteiger charge is 2.20. The maximum Gasteiger partial charge on any atom is 0.346 e. The number of rotatable bonds is 6. The minimum atomic E-state index is -0.830. The van der Waals surface area contributed by atoms with Gasteiger partial charge in [-0.05, 0) is 26.0 Å². The Hall–Kier alpha value is -1.75. The summed E-state index contributed by atoms with van der Waals surface area (Å²) >= 11 is 6.03. The molecule has 0 radical (unpaired) electrons. The number of aldehydes is 1. The fourth-order valence-electron chi connectivity index (χ4n) is 1.42. The highest BCUT2D eigenvalue weighted by Crippen LogP contribution is 2.37. The molecule has 0 saturated carbocycles. The fraction of sp³-hybridized carbons (Fsp3) is 0.385. The molecule has 1 aromatic rings. The Morgan fingerprint density at radius 2 is 2.16 bits per heavy atom. The molecule has 0 saturated heterocycles. The number of benzene rings is 1. The quantitative estimate of drug-likeness (QED) is 0.594. The Bertz CT molecular complexity index is 472. The highest BCUT2D eigenvalue weighted by molar-refractivity contribution is 6.32. The van der Waals surface area contributed by atoms with E-state index in [4.69, 9.17) is 21.1 Å². The van der Waals surface area contributed by atoms with Gasteiger partial charge in [-0.2, -0.15) is 0 Å². The Labute approximate surface area is 116 Å². The van der Waals surface area contributed by atoms with Crippen molar-refractivity contribution in [2.75, 3.05) is 13.7 Å². The van der Waals surface area contributed by atoms with Crippen LogP contribution in [-0.2, 0) is 9.53 Å². The van der Waals surface area contributed by atoms with Crippen LogP contribution < -0.4 is 9.47 Å². The highest BCUT2D eigenvalue weighted by atomic mass is 35.5. The third kappa shape index (κ3) is 3.86. The molecule has 6 heteroatoms. The normalized spacial score (nSPS) is 11.6. The van der Waals surface area contributed by atoms with Gasteiger partial charge in [-0.1, -0.05) is 11.6 Å². The maximum atomic E-state index is 11.3. The number of carbonyl (C=O) groups is 2. The van der Waals surface area contributed by atoms with Crippen molar-refractivity contribution in [3.63, 3.8) is 0 Å². The number of esters is 1. The zero-order valence-electron chi connectivity index (χ0n) is 10.9. The largest absolute Gasteiger partial charge is 0.490 e. The molecule has 0 spiro atoms. The van der Waals surface area contributed by atoms with E-state index in [0.717, 1.165) is 0 Å². The lowest BCUT2D eigenvalue weighted by Crippen LogP contribution is -2.25. The summed E-state index contributed by atoms with van der Waals surface area (Å²) in [5.41, 5.74) is 0.367. The molecule has 19 heavy (non-hydrogen) atoms. The van der Waals surface area contributed by atoms with Crippen LogP contribution in [0.5, 0.6) is 11.5 Å². The molecule has 0 aliphatic rings. The summed E-state index contributed by atoms with van der Waals surface area (Å²) in [5.74, 6) is -0.00199. The van der Waals surface area contributed by atoms with Gasteiger partial charge in [-0.25, -0.2) is 4.79 Å². The van der Waals surface area contributed by atoms with E-state index in [1.54, 1.807) is 6.92 Å². The first kappa shape index (κ1) is 15.3. The number of halogens is 1. The minimum Gasteiger partial charge on any atom is -0.490 e. The van der Waals surface area contributed by atoms with Gasteiger partial charge in [0.2, 0.25) is 0 Å². The van der Waals surface area contributed by atoms with Gasteiger partial charge in [-0.15, -0.1) is 0 Å². The third-order valence-corrected chi connectivity index (χ3v) is 2.58. The van der Waals surface area contributed by atoms with Gasteiger partial charge in [0.25, 0.3) is 0 Å². The van der Waals surface area contributed by atoms with Crippen molar-refractivity contribution >= 4 is 23.9 Å². The predicted molar refractivity (Wildman–Crippen MR) is 70.1 cm³/mol. The zero-order valence-corrected chi connectivity index (χ0v) is 11.7. The summed E-state index contributed by atoms with van der Waals surface area (Å²) in [5, 5.41) is 0.198. The molecule has 0 aliphatic carbocycles. The SMILES string of the molecule is CCOc1cc(C=O)cc(Cl)c1O[C@H](C)C(=O)OC. The van der Waals surface area contributed by atoms with Crippen LogP contribution >= 0.6 is 11.6 Å². The first-order valence-corrected chi connectivity index (χ1v) is 6.07. The summed E-state index contributed by atoms with van der Waals surface area (Å²) < 4.78 is 15.4. The van der Waals surface area contributed by atoms with Gasteiger partial charge in [0.15, 0.2) is 17.6 Å². The summed E-state index contributed by atoms with van der Waals surface area (Å²) in [7, 11) is 1.27. The van der Waals surface area contributed by atoms with Crippen LogP contribution in [-0.4, -0.2) is 32.1 Å². The molecule has 0 aromatic heterocycles. The number of ether oxygens (including phenoxy) is 3. The van der Waals surface area contributed by atoms with Crippen LogP contribution in [0.2, 0.25) is 5.02 Å². The molecule has 1 rings (SSSR count). The van der Waals surface area contributed by atoms with Gasteiger partial charge in [0.1, 0.15) is 6.29 Å². The van der Waals surface area contributed by atoms with E-state index in [2.05, 4.69) is 4.74 Å². The number of methoxy groups -OCH3 is 1. The maximum absolute atomic E-state index is 11.3. The monoisotopic (exact) mass is 286 g/mol. The van der Waals surface area contributed by atoms with Crippen LogP contribution in [0.15, 0.2) is 12.1 Å². The number of hydrogen-bond acceptors (Lipinski definition) is 5. The van der Waals surface area contributed by atoms with Crippen LogP contribution in [0.25, 0.3) is 0 Å². The smallest absolute Gasteiger partial charge is 0.346 e. The summed E-state index contributed by atoms with van der Waals surface area (Å²) in [6, 6.07) is 2.94. The van der Waals surface area contributed by atoms with Crippen LogP contribution in [0.1, 0.15) is 24.2 Å². The molecule has 0 heterocycles. The first-order chi connectivity index (χ1) is 9.03. The van der Waals surface area contributed by atoms with Gasteiger partial charge in [-0.3, -0.25) is 4.79 Å². The van der Waals surface area contributed by atoms with Crippen LogP contribution in [0.4, 0.5) is 0 Å². The van der Waals surface area contributed by atoms with Gasteiger partial charge in [0.05, 0.1) is 18.7 Å². The second-order valence-corrected chi connectivity index (χ2v) is 4.07. The predicted octanol–water partition coefficient (Wildman–Crippen LogP) is 2.49. The van der Waals surface area contributed by atoms with Crippen molar-refractivity contribution in [2.24, 2.45) is 0 Å². The molecule has 0 aliphatic heterocycles. The lowest BCUT2D eigenvalue weighted by molar-refractivity contribution is -0.147. The molecule has 104 valence electrons. The average Bonchev–Trinajstić information content (AvgIpc) is 2.41. The van der Waals surface area contributed by atoms with Crippen LogP contribution in [0, 0.1) is 0 Å². The molecule has 0 unspecified atom stereocenters. The van der Waals surface area contributed by atoms with E-state index in [1.165, 1.54) is 26.2 Å². The minimum absolute atomic E-state index is 0.198. The summed E-state index contributed by atoms with van der Waals surface area (Å²) in [6.07, 6.45) is -0.175. The van der Waals surface area contributed by atoms with Gasteiger partial charge < -0.3 is 14.2 Å². The van der Waals surface area contributed by atoms with E-state index in [1.807, 2.05) is 0 Å². The lowest BCUT2D eigenvalue weighted by Gasteiger charge is -2.17. The van der Waals surface area contributed by atoms with Crippen molar-refractivity contribution in [3.05, 3.63) is 22.7 Å². The standard InChI is InChI=1S/C13H15ClO5/c1-4-18-11-6-9(7-15)5-10(14)12(11)19-8(2)13(16)17-3/h5-8H,4H2,1-3H3/t8-/m1/s1. The Morgan fingerprint density at radius 1 is 1.47 bits per heavy atom. The van der Waals surface area contributed by atoms with Crippen molar-refractivity contribution in [1.82, 2.24) is 0 Å². The fourth-order valence-corrected chi connectivity index (χ4v) is 1.69. The number of carbonyl (C=O) groups excluding carboxylic acids is 2. The summed E-state index contributed by atoms with van der Waals surface area (Å²) in [4.78, 5) is 22.1. The van der Waals surface area contributed by atoms with E-state index in [-0.39, 0.29) is 10.8 Å². The van der Waals surface area contributed by atoms with Crippen LogP contribution in [0.3, 0.4) is 0 Å². The van der Waals surface area contributed by atoms with Crippen molar-refractivity contribution in [2.45, 2.75) is 20.0 Å². The third-order valence-electron chi connectivity index (χ3n) is 2.30. The lowest BCUT2D eigenvalue weighted by atomic mass is 10.2. The zero-order chi connectivity index (χ0) is 14.4. The number of hydrogen-bond donors (Lipinski definition) is 0. The molecular weight excluding hydrogens is 272 g/mol. The molecule has 1 aromatic carbocycles. The van der Waals surface area contributed by atoms with Gasteiger partial charge in [0, 0.05) is 5.56 Å². The average molecular weight is 287 g/mol. The van der Waals surface area contributed by atoms with E-state index >= 15 is 0 Å². The molecule has 0 bridgehead atoms. The molecule has 0 fully saturated rings. The van der Waals surface area contributed by atoms with Gasteiger partial charge >= 0.3 is 5.97 Å². The molecule has 0 N–H and O–H groups in total. The summed E-state index contributed by atoms with van der Waals surface area (Å²) in [6.45, 7) is 3.70. The molecule has 5 nitrogen and oxygen atoms in total. The molecular formula is C13H15ClO5. The van der Waals surface area contributed by atoms with E-state index < -0.39 is 12.1 Å². The molecule has 0 amide bonds. The van der Waals surface area contributed by atoms with Crippen molar-refractivity contribution in [1.29, 1.82) is 0 Å².